The summed E-state index contributed by atoms with van der Waals surface area (Å²) in [6.45, 7) is 2.72. The van der Waals surface area contributed by atoms with Crippen LogP contribution in [0.3, 0.4) is 0 Å². The first-order valence-electron chi connectivity index (χ1n) is 8.61. The Labute approximate surface area is 160 Å². The van der Waals surface area contributed by atoms with Crippen LogP contribution in [0, 0.1) is 5.82 Å². The van der Waals surface area contributed by atoms with Gasteiger partial charge in [0.15, 0.2) is 11.5 Å². The molecule has 0 aliphatic carbocycles. The van der Waals surface area contributed by atoms with Gasteiger partial charge < -0.3 is 31.9 Å². The highest BCUT2D eigenvalue weighted by molar-refractivity contribution is 5.46. The zero-order chi connectivity index (χ0) is 17.5. The fraction of sp³-hybridized carbons (Fsp3) is 0.400. The highest BCUT2D eigenvalue weighted by Gasteiger charge is 2.16. The van der Waals surface area contributed by atoms with Crippen LogP contribution in [0.2, 0.25) is 0 Å². The lowest BCUT2D eigenvalue weighted by atomic mass is 10.1. The summed E-state index contributed by atoms with van der Waals surface area (Å²) in [6, 6.07) is 12.2. The molecular formula is C20H24ClFNO3-. The quantitative estimate of drug-likeness (QED) is 0.731. The van der Waals surface area contributed by atoms with Gasteiger partial charge in [-0.3, -0.25) is 0 Å². The third-order valence-corrected chi connectivity index (χ3v) is 4.29. The van der Waals surface area contributed by atoms with Crippen molar-refractivity contribution in [2.45, 2.75) is 32.1 Å². The Kier molecular flexibility index (Phi) is 8.16. The Bertz CT molecular complexity index is 675. The first kappa shape index (κ1) is 20.5. The SMILES string of the molecule is COc1cccc(CNCC2CCCO2)c1OCc1ccc(F)cc1.[Cl-]. The smallest absolute Gasteiger partial charge is 0.166 e. The van der Waals surface area contributed by atoms with Crippen LogP contribution in [0.4, 0.5) is 4.39 Å². The number of hydrogen-bond donors (Lipinski definition) is 1. The summed E-state index contributed by atoms with van der Waals surface area (Å²) >= 11 is 0. The number of nitrogens with one attached hydrogen (secondary N) is 1. The molecule has 1 heterocycles. The van der Waals surface area contributed by atoms with E-state index in [2.05, 4.69) is 5.32 Å². The number of para-hydroxylation sites is 1. The van der Waals surface area contributed by atoms with E-state index in [9.17, 15) is 4.39 Å². The van der Waals surface area contributed by atoms with Crippen LogP contribution in [0.5, 0.6) is 11.5 Å². The molecule has 1 saturated heterocycles. The van der Waals surface area contributed by atoms with Gasteiger partial charge in [-0.1, -0.05) is 24.3 Å². The van der Waals surface area contributed by atoms with Crippen molar-refractivity contribution < 1.29 is 31.0 Å². The minimum atomic E-state index is -0.250. The fourth-order valence-corrected chi connectivity index (χ4v) is 2.93. The minimum absolute atomic E-state index is 0. The molecule has 1 N–H and O–H groups in total. The molecule has 0 aromatic heterocycles. The molecule has 0 spiro atoms. The van der Waals surface area contributed by atoms with E-state index in [1.807, 2.05) is 18.2 Å². The molecule has 1 aliphatic heterocycles. The highest BCUT2D eigenvalue weighted by Crippen LogP contribution is 2.32. The number of benzene rings is 2. The standard InChI is InChI=1S/C20H24FNO3.ClH/c1-23-19-6-2-4-16(12-22-13-18-5-3-11-24-18)20(19)25-14-15-7-9-17(21)10-8-15;/h2,4,6-10,18,22H,3,5,11-14H2,1H3;1H/p-1. The van der Waals surface area contributed by atoms with E-state index in [4.69, 9.17) is 14.2 Å². The van der Waals surface area contributed by atoms with Crippen molar-refractivity contribution in [3.05, 3.63) is 59.4 Å². The molecule has 1 fully saturated rings. The van der Waals surface area contributed by atoms with Crippen LogP contribution in [-0.2, 0) is 17.9 Å². The molecule has 1 atom stereocenters. The molecule has 6 heteroatoms. The summed E-state index contributed by atoms with van der Waals surface area (Å²) in [5.41, 5.74) is 1.94. The molecule has 2 aromatic carbocycles. The van der Waals surface area contributed by atoms with E-state index in [-0.39, 0.29) is 18.2 Å². The number of hydrogen-bond acceptors (Lipinski definition) is 4. The summed E-state index contributed by atoms with van der Waals surface area (Å²) in [5.74, 6) is 1.16. The maximum atomic E-state index is 13.0. The van der Waals surface area contributed by atoms with Crippen LogP contribution in [-0.4, -0.2) is 26.4 Å². The van der Waals surface area contributed by atoms with E-state index in [1.54, 1.807) is 19.2 Å². The molecule has 2 aromatic rings. The van der Waals surface area contributed by atoms with E-state index >= 15 is 0 Å². The topological polar surface area (TPSA) is 39.7 Å². The molecule has 0 amide bonds. The molecule has 3 rings (SSSR count). The predicted octanol–water partition coefficient (Wildman–Crippen LogP) is 0.686. The van der Waals surface area contributed by atoms with Gasteiger partial charge in [-0.15, -0.1) is 0 Å². The normalized spacial score (nSPS) is 16.2. The van der Waals surface area contributed by atoms with E-state index in [1.165, 1.54) is 12.1 Å². The molecular weight excluding hydrogens is 357 g/mol. The zero-order valence-electron chi connectivity index (χ0n) is 14.8. The van der Waals surface area contributed by atoms with Gasteiger partial charge in [0.05, 0.1) is 13.2 Å². The summed E-state index contributed by atoms with van der Waals surface area (Å²) < 4.78 is 30.1. The summed E-state index contributed by atoms with van der Waals surface area (Å²) in [5, 5.41) is 3.43. The van der Waals surface area contributed by atoms with E-state index in [0.717, 1.165) is 37.1 Å². The summed E-state index contributed by atoms with van der Waals surface area (Å²) in [4.78, 5) is 0. The van der Waals surface area contributed by atoms with Gasteiger partial charge in [-0.05, 0) is 36.6 Å². The molecule has 1 unspecified atom stereocenters. The van der Waals surface area contributed by atoms with Gasteiger partial charge in [0.2, 0.25) is 0 Å². The second-order valence-corrected chi connectivity index (χ2v) is 6.13. The molecule has 0 saturated carbocycles. The van der Waals surface area contributed by atoms with E-state index < -0.39 is 0 Å². The maximum Gasteiger partial charge on any atom is 0.166 e. The van der Waals surface area contributed by atoms with Gasteiger partial charge in [0.25, 0.3) is 0 Å². The van der Waals surface area contributed by atoms with Gasteiger partial charge in [0.1, 0.15) is 12.4 Å². The fourth-order valence-electron chi connectivity index (χ4n) is 2.93. The van der Waals surface area contributed by atoms with Crippen molar-refractivity contribution in [2.75, 3.05) is 20.3 Å². The van der Waals surface area contributed by atoms with Crippen LogP contribution in [0.15, 0.2) is 42.5 Å². The summed E-state index contributed by atoms with van der Waals surface area (Å²) in [7, 11) is 1.63. The van der Waals surface area contributed by atoms with Crippen molar-refractivity contribution in [1.29, 1.82) is 0 Å². The van der Waals surface area contributed by atoms with Gasteiger partial charge >= 0.3 is 0 Å². The monoisotopic (exact) mass is 380 g/mol. The van der Waals surface area contributed by atoms with Crippen molar-refractivity contribution in [1.82, 2.24) is 5.32 Å². The number of halogens is 2. The predicted molar refractivity (Wildman–Crippen MR) is 94.4 cm³/mol. The first-order chi connectivity index (χ1) is 12.3. The van der Waals surface area contributed by atoms with Crippen LogP contribution >= 0.6 is 0 Å². The van der Waals surface area contributed by atoms with Gasteiger partial charge in [-0.2, -0.15) is 0 Å². The number of methoxy groups -OCH3 is 1. The lowest BCUT2D eigenvalue weighted by molar-refractivity contribution is -0.00000754. The third kappa shape index (κ3) is 5.59. The number of rotatable bonds is 8. The third-order valence-electron chi connectivity index (χ3n) is 4.29. The van der Waals surface area contributed by atoms with Crippen molar-refractivity contribution in [3.63, 3.8) is 0 Å². The largest absolute Gasteiger partial charge is 1.00 e. The Morgan fingerprint density at radius 2 is 2.00 bits per heavy atom. The average Bonchev–Trinajstić information content (AvgIpc) is 3.15. The lowest BCUT2D eigenvalue weighted by Gasteiger charge is -2.16. The first-order valence-corrected chi connectivity index (χ1v) is 8.61. The van der Waals surface area contributed by atoms with Crippen LogP contribution in [0.25, 0.3) is 0 Å². The van der Waals surface area contributed by atoms with Crippen LogP contribution < -0.4 is 27.2 Å². The Morgan fingerprint density at radius 3 is 2.69 bits per heavy atom. The summed E-state index contributed by atoms with van der Waals surface area (Å²) in [6.07, 6.45) is 2.55. The highest BCUT2D eigenvalue weighted by atomic mass is 35.5. The molecule has 142 valence electrons. The van der Waals surface area contributed by atoms with Crippen molar-refractivity contribution in [2.24, 2.45) is 0 Å². The van der Waals surface area contributed by atoms with Gasteiger partial charge in [0, 0.05) is 25.3 Å². The average molecular weight is 381 g/mol. The molecule has 26 heavy (non-hydrogen) atoms. The minimum Gasteiger partial charge on any atom is -1.00 e. The Morgan fingerprint density at radius 1 is 1.19 bits per heavy atom. The lowest BCUT2D eigenvalue weighted by Crippen LogP contribution is -3.00. The second-order valence-electron chi connectivity index (χ2n) is 6.13. The van der Waals surface area contributed by atoms with Crippen molar-refractivity contribution >= 4 is 0 Å². The second kappa shape index (κ2) is 10.4. The molecule has 0 bridgehead atoms. The van der Waals surface area contributed by atoms with Crippen LogP contribution in [0.1, 0.15) is 24.0 Å². The maximum absolute atomic E-state index is 13.0. The molecule has 4 nitrogen and oxygen atoms in total. The Hall–Kier alpha value is -1.82. The zero-order valence-corrected chi connectivity index (χ0v) is 15.6. The number of ether oxygens (including phenoxy) is 3. The molecule has 1 aliphatic rings. The van der Waals surface area contributed by atoms with E-state index in [0.29, 0.717) is 30.8 Å². The van der Waals surface area contributed by atoms with Crippen molar-refractivity contribution in [3.8, 4) is 11.5 Å². The molecule has 0 radical (unpaired) electrons. The van der Waals surface area contributed by atoms with Gasteiger partial charge in [-0.25, -0.2) is 4.39 Å². The Balaban J connectivity index is 0.00000243.